The number of hydrogen-bond donors (Lipinski definition) is 2. The molecule has 2 rings (SSSR count). The van der Waals surface area contributed by atoms with Gasteiger partial charge in [-0.3, -0.25) is 4.79 Å². The van der Waals surface area contributed by atoms with E-state index in [0.29, 0.717) is 5.69 Å². The summed E-state index contributed by atoms with van der Waals surface area (Å²) in [5, 5.41) is 3.96. The van der Waals surface area contributed by atoms with Crippen molar-refractivity contribution in [1.29, 1.82) is 0 Å². The molecule has 0 aliphatic rings. The van der Waals surface area contributed by atoms with Crippen LogP contribution in [0.3, 0.4) is 0 Å². The molecule has 1 amide bonds. The van der Waals surface area contributed by atoms with Crippen LogP contribution in [0.2, 0.25) is 0 Å². The lowest BCUT2D eigenvalue weighted by molar-refractivity contribution is 0.0948. The van der Waals surface area contributed by atoms with E-state index in [2.05, 4.69) is 23.3 Å². The Morgan fingerprint density at radius 2 is 1.36 bits per heavy atom. The van der Waals surface area contributed by atoms with Crippen molar-refractivity contribution in [2.24, 2.45) is 0 Å². The number of H-pyrrole nitrogens is 1. The molecular weight excluding hydrogens is 344 g/mol. The molecule has 0 spiro atoms. The highest BCUT2D eigenvalue weighted by Crippen LogP contribution is 2.14. The van der Waals surface area contributed by atoms with Gasteiger partial charge in [-0.2, -0.15) is 0 Å². The Labute approximate surface area is 171 Å². The van der Waals surface area contributed by atoms with Crippen molar-refractivity contribution in [1.82, 2.24) is 10.3 Å². The zero-order chi connectivity index (χ0) is 19.9. The molecule has 28 heavy (non-hydrogen) atoms. The van der Waals surface area contributed by atoms with E-state index >= 15 is 0 Å². The maximum absolute atomic E-state index is 12.2. The van der Waals surface area contributed by atoms with Crippen LogP contribution in [0.1, 0.15) is 107 Å². The van der Waals surface area contributed by atoms with Crippen LogP contribution in [0.15, 0.2) is 24.3 Å². The van der Waals surface area contributed by atoms with Gasteiger partial charge in [-0.25, -0.2) is 0 Å². The van der Waals surface area contributed by atoms with Crippen LogP contribution in [0, 0.1) is 6.07 Å². The zero-order valence-electron chi connectivity index (χ0n) is 17.8. The summed E-state index contributed by atoms with van der Waals surface area (Å²) in [7, 11) is 0. The fraction of sp³-hybridized carbons (Fsp3) is 0.640. The number of carbonyl (C=O) groups excluding carboxylic acids is 1. The summed E-state index contributed by atoms with van der Waals surface area (Å²) in [6, 6.07) is 11.0. The van der Waals surface area contributed by atoms with Crippen molar-refractivity contribution in [3.05, 3.63) is 36.0 Å². The highest BCUT2D eigenvalue weighted by molar-refractivity contribution is 5.97. The highest BCUT2D eigenvalue weighted by Gasteiger charge is 2.08. The summed E-state index contributed by atoms with van der Waals surface area (Å²) >= 11 is 0. The largest absolute Gasteiger partial charge is 0.351 e. The van der Waals surface area contributed by atoms with Crippen molar-refractivity contribution in [2.75, 3.05) is 6.54 Å². The Balaban J connectivity index is 1.38. The average Bonchev–Trinajstić information content (AvgIpc) is 3.15. The van der Waals surface area contributed by atoms with Gasteiger partial charge in [-0.05, 0) is 12.5 Å². The lowest BCUT2D eigenvalue weighted by Gasteiger charge is -2.04. The molecule has 0 bridgehead atoms. The average molecular weight is 384 g/mol. The first-order chi connectivity index (χ1) is 13.8. The molecular formula is C25H39N2O. The van der Waals surface area contributed by atoms with Crippen LogP contribution in [-0.4, -0.2) is 17.4 Å². The predicted octanol–water partition coefficient (Wildman–Crippen LogP) is 7.18. The van der Waals surface area contributed by atoms with Gasteiger partial charge in [0.05, 0.1) is 0 Å². The fourth-order valence-electron chi connectivity index (χ4n) is 3.73. The Morgan fingerprint density at radius 1 is 0.821 bits per heavy atom. The molecule has 1 aromatic heterocycles. The van der Waals surface area contributed by atoms with E-state index in [1.54, 1.807) is 0 Å². The lowest BCUT2D eigenvalue weighted by atomic mass is 10.0. The monoisotopic (exact) mass is 383 g/mol. The number of benzene rings is 1. The van der Waals surface area contributed by atoms with Gasteiger partial charge in [-0.15, -0.1) is 0 Å². The van der Waals surface area contributed by atoms with Crippen molar-refractivity contribution in [3.63, 3.8) is 0 Å². The minimum atomic E-state index is -0.0501. The van der Waals surface area contributed by atoms with Crippen LogP contribution in [-0.2, 0) is 0 Å². The molecule has 0 unspecified atom stereocenters. The quantitative estimate of drug-likeness (QED) is 0.296. The standard InChI is InChI=1S/C25H39N2O/c1-2-3-4-5-6-7-8-9-10-11-12-13-14-17-20-26-25(28)24-21-22-18-15-16-19-23(22)27-24/h15-16,18-19,27H,2-14,17,20H2,1H3,(H,26,28). The first-order valence-corrected chi connectivity index (χ1v) is 11.6. The predicted molar refractivity (Wildman–Crippen MR) is 120 cm³/mol. The van der Waals surface area contributed by atoms with Gasteiger partial charge >= 0.3 is 0 Å². The third-order valence-electron chi connectivity index (χ3n) is 5.49. The van der Waals surface area contributed by atoms with Gasteiger partial charge in [0, 0.05) is 23.5 Å². The second-order valence-electron chi connectivity index (χ2n) is 8.02. The summed E-state index contributed by atoms with van der Waals surface area (Å²) in [4.78, 5) is 15.3. The topological polar surface area (TPSA) is 44.9 Å². The summed E-state index contributed by atoms with van der Waals surface area (Å²) in [5.74, 6) is -0.0501. The van der Waals surface area contributed by atoms with Gasteiger partial charge in [0.1, 0.15) is 5.69 Å². The molecule has 0 aliphatic carbocycles. The minimum Gasteiger partial charge on any atom is -0.351 e. The second kappa shape index (κ2) is 14.3. The molecule has 2 N–H and O–H groups in total. The number of hydrogen-bond acceptors (Lipinski definition) is 1. The summed E-state index contributed by atoms with van der Waals surface area (Å²) in [5.41, 5.74) is 1.50. The maximum atomic E-state index is 12.2. The fourth-order valence-corrected chi connectivity index (χ4v) is 3.73. The van der Waals surface area contributed by atoms with E-state index < -0.39 is 0 Å². The Kier molecular flexibility index (Phi) is 11.5. The normalized spacial score (nSPS) is 11.2. The van der Waals surface area contributed by atoms with Crippen LogP contribution in [0.5, 0.6) is 0 Å². The van der Waals surface area contributed by atoms with Crippen LogP contribution < -0.4 is 5.32 Å². The molecule has 155 valence electrons. The minimum absolute atomic E-state index is 0.0501. The maximum Gasteiger partial charge on any atom is 0.268 e. The van der Waals surface area contributed by atoms with Gasteiger partial charge < -0.3 is 10.3 Å². The van der Waals surface area contributed by atoms with Gasteiger partial charge in [0.25, 0.3) is 5.91 Å². The van der Waals surface area contributed by atoms with Crippen LogP contribution in [0.4, 0.5) is 0 Å². The van der Waals surface area contributed by atoms with Crippen molar-refractivity contribution in [2.45, 2.75) is 96.8 Å². The Morgan fingerprint density at radius 3 is 1.93 bits per heavy atom. The zero-order valence-corrected chi connectivity index (χ0v) is 17.8. The molecule has 0 atom stereocenters. The van der Waals surface area contributed by atoms with Gasteiger partial charge in [0.15, 0.2) is 0 Å². The molecule has 1 heterocycles. The van der Waals surface area contributed by atoms with Crippen molar-refractivity contribution in [3.8, 4) is 0 Å². The summed E-state index contributed by atoms with van der Waals surface area (Å²) in [6.45, 7) is 3.03. The molecule has 0 aliphatic heterocycles. The van der Waals surface area contributed by atoms with E-state index in [4.69, 9.17) is 0 Å². The lowest BCUT2D eigenvalue weighted by Crippen LogP contribution is -2.24. The Bertz CT molecular complexity index is 628. The third-order valence-corrected chi connectivity index (χ3v) is 5.49. The molecule has 3 heteroatoms. The highest BCUT2D eigenvalue weighted by atomic mass is 16.1. The first-order valence-electron chi connectivity index (χ1n) is 11.6. The number of nitrogens with one attached hydrogen (secondary N) is 2. The van der Waals surface area contributed by atoms with E-state index in [0.717, 1.165) is 23.9 Å². The second-order valence-corrected chi connectivity index (χ2v) is 8.02. The molecule has 0 fully saturated rings. The van der Waals surface area contributed by atoms with Gasteiger partial charge in [-0.1, -0.05) is 109 Å². The first kappa shape index (κ1) is 22.5. The molecule has 0 saturated carbocycles. The van der Waals surface area contributed by atoms with E-state index in [1.807, 2.05) is 24.3 Å². The number of para-hydroxylation sites is 1. The van der Waals surface area contributed by atoms with Gasteiger partial charge in [0.2, 0.25) is 0 Å². The number of aromatic amines is 1. The summed E-state index contributed by atoms with van der Waals surface area (Å²) in [6.07, 6.45) is 18.9. The number of unbranched alkanes of at least 4 members (excludes halogenated alkanes) is 13. The number of rotatable bonds is 16. The smallest absolute Gasteiger partial charge is 0.268 e. The number of aromatic nitrogens is 1. The molecule has 1 radical (unpaired) electrons. The summed E-state index contributed by atoms with van der Waals surface area (Å²) < 4.78 is 0. The van der Waals surface area contributed by atoms with E-state index in [1.165, 1.54) is 83.5 Å². The van der Waals surface area contributed by atoms with Crippen LogP contribution >= 0.6 is 0 Å². The number of carbonyl (C=O) groups is 1. The van der Waals surface area contributed by atoms with E-state index in [9.17, 15) is 4.79 Å². The van der Waals surface area contributed by atoms with Crippen molar-refractivity contribution < 1.29 is 4.79 Å². The molecule has 0 saturated heterocycles. The van der Waals surface area contributed by atoms with E-state index in [-0.39, 0.29) is 5.91 Å². The molecule has 2 aromatic rings. The Hall–Kier alpha value is -1.77. The number of fused-ring (bicyclic) bond motifs is 1. The molecule has 3 nitrogen and oxygen atoms in total. The van der Waals surface area contributed by atoms with Crippen LogP contribution in [0.25, 0.3) is 10.9 Å². The third kappa shape index (κ3) is 8.95. The SMILES string of the molecule is CCCCCCCCCCCCCCCCNC(=O)c1[c]c2ccccc2[nH]1. The number of amides is 1. The van der Waals surface area contributed by atoms with Crippen molar-refractivity contribution >= 4 is 16.8 Å². The molecule has 1 aromatic carbocycles.